The van der Waals surface area contributed by atoms with Crippen molar-refractivity contribution in [1.29, 1.82) is 0 Å². The van der Waals surface area contributed by atoms with Crippen molar-refractivity contribution >= 4 is 28.3 Å². The first-order chi connectivity index (χ1) is 16.6. The van der Waals surface area contributed by atoms with Crippen molar-refractivity contribution < 1.29 is 14.3 Å². The Morgan fingerprint density at radius 1 is 1.00 bits per heavy atom. The normalized spacial score (nSPS) is 12.4. The number of ether oxygens (including phenoxy) is 2. The largest absolute Gasteiger partial charge is 0.454 e. The van der Waals surface area contributed by atoms with Crippen molar-refractivity contribution in [2.45, 2.75) is 13.5 Å². The van der Waals surface area contributed by atoms with Crippen LogP contribution in [0.2, 0.25) is 0 Å². The maximum Gasteiger partial charge on any atom is 0.272 e. The summed E-state index contributed by atoms with van der Waals surface area (Å²) in [4.78, 5) is 31.5. The number of nitrogens with one attached hydrogen (secondary N) is 1. The van der Waals surface area contributed by atoms with E-state index in [9.17, 15) is 9.59 Å². The molecule has 0 saturated carbocycles. The molecule has 3 aromatic heterocycles. The van der Waals surface area contributed by atoms with E-state index in [1.54, 1.807) is 35.0 Å². The zero-order valence-electron chi connectivity index (χ0n) is 18.3. The highest BCUT2D eigenvalue weighted by Crippen LogP contribution is 2.34. The van der Waals surface area contributed by atoms with Crippen molar-refractivity contribution in [3.05, 3.63) is 100 Å². The van der Waals surface area contributed by atoms with Gasteiger partial charge >= 0.3 is 0 Å². The van der Waals surface area contributed by atoms with Gasteiger partial charge in [0.2, 0.25) is 6.79 Å². The predicted molar refractivity (Wildman–Crippen MR) is 128 cm³/mol. The van der Waals surface area contributed by atoms with Crippen LogP contribution in [0.3, 0.4) is 0 Å². The summed E-state index contributed by atoms with van der Waals surface area (Å²) in [6.45, 7) is 2.45. The number of carbonyl (C=O) groups is 1. The van der Waals surface area contributed by atoms with E-state index in [1.165, 1.54) is 4.40 Å². The minimum atomic E-state index is -0.349. The number of rotatable bonds is 4. The lowest BCUT2D eigenvalue weighted by atomic mass is 10.2. The molecule has 1 amide bonds. The minimum absolute atomic E-state index is 0.153. The first-order valence-corrected chi connectivity index (χ1v) is 10.8. The predicted octanol–water partition coefficient (Wildman–Crippen LogP) is 3.99. The van der Waals surface area contributed by atoms with Crippen LogP contribution in [0.1, 0.15) is 21.6 Å². The number of hydrogen-bond acceptors (Lipinski definition) is 5. The Labute approximate surface area is 194 Å². The fourth-order valence-electron chi connectivity index (χ4n) is 4.24. The van der Waals surface area contributed by atoms with Crippen LogP contribution in [0.5, 0.6) is 11.5 Å². The number of hydrogen-bond donors (Lipinski definition) is 1. The molecule has 6 rings (SSSR count). The molecule has 1 aliphatic heterocycles. The fourth-order valence-corrected chi connectivity index (χ4v) is 4.24. The Hall–Kier alpha value is -4.59. The van der Waals surface area contributed by atoms with Crippen molar-refractivity contribution in [1.82, 2.24) is 14.0 Å². The maximum absolute atomic E-state index is 13.4. The molecule has 0 bridgehead atoms. The number of aromatic nitrogens is 3. The van der Waals surface area contributed by atoms with E-state index in [0.717, 1.165) is 11.1 Å². The molecule has 0 aliphatic carbocycles. The van der Waals surface area contributed by atoms with Crippen LogP contribution in [0, 0.1) is 6.92 Å². The van der Waals surface area contributed by atoms with Gasteiger partial charge in [0, 0.05) is 24.5 Å². The molecule has 5 aromatic rings. The molecule has 168 valence electrons. The Morgan fingerprint density at radius 2 is 1.82 bits per heavy atom. The average Bonchev–Trinajstić information content (AvgIpc) is 3.45. The lowest BCUT2D eigenvalue weighted by Crippen LogP contribution is -2.18. The maximum atomic E-state index is 13.4. The molecule has 0 saturated heterocycles. The number of anilines is 1. The van der Waals surface area contributed by atoms with E-state index in [2.05, 4.69) is 5.32 Å². The lowest BCUT2D eigenvalue weighted by molar-refractivity contribution is 0.101. The van der Waals surface area contributed by atoms with E-state index in [0.29, 0.717) is 46.1 Å². The van der Waals surface area contributed by atoms with Gasteiger partial charge in [-0.2, -0.15) is 0 Å². The molecule has 2 aromatic carbocycles. The zero-order chi connectivity index (χ0) is 23.2. The second-order valence-electron chi connectivity index (χ2n) is 8.16. The van der Waals surface area contributed by atoms with Crippen molar-refractivity contribution in [3.63, 3.8) is 0 Å². The van der Waals surface area contributed by atoms with Gasteiger partial charge in [-0.1, -0.05) is 36.4 Å². The van der Waals surface area contributed by atoms with Gasteiger partial charge in [-0.25, -0.2) is 4.98 Å². The highest BCUT2D eigenvalue weighted by atomic mass is 16.7. The van der Waals surface area contributed by atoms with Gasteiger partial charge in [0.05, 0.1) is 5.39 Å². The number of amides is 1. The van der Waals surface area contributed by atoms with Gasteiger partial charge in [-0.05, 0) is 42.3 Å². The van der Waals surface area contributed by atoms with E-state index in [1.807, 2.05) is 49.4 Å². The third-order valence-electron chi connectivity index (χ3n) is 5.94. The van der Waals surface area contributed by atoms with Gasteiger partial charge in [0.25, 0.3) is 11.5 Å². The summed E-state index contributed by atoms with van der Waals surface area (Å²) in [5.41, 5.74) is 3.59. The second kappa shape index (κ2) is 7.77. The third-order valence-corrected chi connectivity index (χ3v) is 5.94. The van der Waals surface area contributed by atoms with E-state index >= 15 is 0 Å². The van der Waals surface area contributed by atoms with Gasteiger partial charge in [-0.3, -0.25) is 14.0 Å². The molecule has 4 heterocycles. The number of benzene rings is 2. The van der Waals surface area contributed by atoms with Gasteiger partial charge in [0.1, 0.15) is 17.0 Å². The molecular formula is C26H20N4O4. The minimum Gasteiger partial charge on any atom is -0.454 e. The van der Waals surface area contributed by atoms with Gasteiger partial charge < -0.3 is 19.4 Å². The molecule has 0 atom stereocenters. The number of nitrogens with zero attached hydrogens (tertiary/aromatic N) is 3. The molecule has 1 N–H and O–H groups in total. The van der Waals surface area contributed by atoms with Gasteiger partial charge in [0.15, 0.2) is 11.5 Å². The molecule has 0 unspecified atom stereocenters. The summed E-state index contributed by atoms with van der Waals surface area (Å²) < 4.78 is 14.1. The van der Waals surface area contributed by atoms with E-state index in [4.69, 9.17) is 14.5 Å². The molecule has 34 heavy (non-hydrogen) atoms. The Bertz CT molecular complexity index is 1640. The Kier molecular flexibility index (Phi) is 4.58. The fraction of sp³-hybridized carbons (Fsp3) is 0.115. The van der Waals surface area contributed by atoms with Crippen LogP contribution in [-0.2, 0) is 6.54 Å². The summed E-state index contributed by atoms with van der Waals surface area (Å²) in [6, 6.07) is 20.3. The number of aryl methyl sites for hydroxylation is 1. The Balaban J connectivity index is 1.50. The smallest absolute Gasteiger partial charge is 0.272 e. The molecule has 8 heteroatoms. The molecule has 0 radical (unpaired) electrons. The molecule has 1 aliphatic rings. The highest BCUT2D eigenvalue weighted by Gasteiger charge is 2.21. The molecule has 0 fully saturated rings. The zero-order valence-corrected chi connectivity index (χ0v) is 18.3. The number of fused-ring (bicyclic) bond motifs is 3. The van der Waals surface area contributed by atoms with Crippen LogP contribution in [0.15, 0.2) is 77.7 Å². The summed E-state index contributed by atoms with van der Waals surface area (Å²) in [6.07, 6.45) is 1.69. The summed E-state index contributed by atoms with van der Waals surface area (Å²) >= 11 is 0. The van der Waals surface area contributed by atoms with Crippen molar-refractivity contribution in [2.75, 3.05) is 12.1 Å². The topological polar surface area (TPSA) is 86.9 Å². The number of pyridine rings is 1. The standard InChI is InChI=1S/C26H20N4O4/c1-16-6-5-11-29-23(16)28-24-19(26(29)32)13-20(30(24)14-17-7-3-2-4-8-17)25(31)27-18-9-10-21-22(12-18)34-15-33-21/h2-13H,14-15H2,1H3,(H,27,31). The van der Waals surface area contributed by atoms with Crippen LogP contribution >= 0.6 is 0 Å². The third kappa shape index (κ3) is 3.27. The highest BCUT2D eigenvalue weighted by molar-refractivity contribution is 6.06. The second-order valence-corrected chi connectivity index (χ2v) is 8.16. The van der Waals surface area contributed by atoms with Gasteiger partial charge in [-0.15, -0.1) is 0 Å². The van der Waals surface area contributed by atoms with Crippen LogP contribution < -0.4 is 20.3 Å². The summed E-state index contributed by atoms with van der Waals surface area (Å²) in [5, 5.41) is 3.30. The average molecular weight is 452 g/mol. The molecule has 0 spiro atoms. The van der Waals surface area contributed by atoms with Crippen molar-refractivity contribution in [2.24, 2.45) is 0 Å². The van der Waals surface area contributed by atoms with E-state index < -0.39 is 0 Å². The van der Waals surface area contributed by atoms with Crippen LogP contribution in [-0.4, -0.2) is 26.7 Å². The van der Waals surface area contributed by atoms with Crippen molar-refractivity contribution in [3.8, 4) is 11.5 Å². The first kappa shape index (κ1) is 20.0. The van der Waals surface area contributed by atoms with E-state index in [-0.39, 0.29) is 18.3 Å². The SMILES string of the molecule is Cc1cccn2c(=O)c3cc(C(=O)Nc4ccc5c(c4)OCO5)n(Cc4ccccc4)c3nc12. The van der Waals surface area contributed by atoms with Crippen LogP contribution in [0.4, 0.5) is 5.69 Å². The molecular weight excluding hydrogens is 432 g/mol. The lowest BCUT2D eigenvalue weighted by Gasteiger charge is -2.12. The summed E-state index contributed by atoms with van der Waals surface area (Å²) in [7, 11) is 0. The van der Waals surface area contributed by atoms with Crippen LogP contribution in [0.25, 0.3) is 16.7 Å². The monoisotopic (exact) mass is 452 g/mol. The molecule has 8 nitrogen and oxygen atoms in total. The quantitative estimate of drug-likeness (QED) is 0.446. The summed E-state index contributed by atoms with van der Waals surface area (Å²) in [5.74, 6) is 0.859. The Morgan fingerprint density at radius 3 is 2.68 bits per heavy atom. The first-order valence-electron chi connectivity index (χ1n) is 10.8. The number of carbonyl (C=O) groups excluding carboxylic acids is 1.